The second-order valence-electron chi connectivity index (χ2n) is 3.53. The Kier molecular flexibility index (Phi) is 7.12. The minimum absolute atomic E-state index is 0.255. The van der Waals surface area contributed by atoms with Gasteiger partial charge in [0.1, 0.15) is 19.3 Å². The maximum Gasteiger partial charge on any atom is 0.411 e. The molecular formula is C9H13F6NO3. The molecule has 0 aliphatic rings. The van der Waals surface area contributed by atoms with Crippen molar-refractivity contribution in [2.45, 2.75) is 25.4 Å². The molecule has 1 atom stereocenters. The molecule has 0 spiro atoms. The number of hydrogen-bond acceptors (Lipinski definition) is 3. The van der Waals surface area contributed by atoms with Gasteiger partial charge in [-0.05, 0) is 6.92 Å². The molecule has 114 valence electrons. The third-order valence-electron chi connectivity index (χ3n) is 1.68. The van der Waals surface area contributed by atoms with E-state index in [-0.39, 0.29) is 6.54 Å². The Bertz CT molecular complexity index is 278. The van der Waals surface area contributed by atoms with Crippen molar-refractivity contribution >= 4 is 5.91 Å². The molecule has 0 heterocycles. The summed E-state index contributed by atoms with van der Waals surface area (Å²) in [5, 5.41) is 2.08. The molecule has 4 nitrogen and oxygen atoms in total. The van der Waals surface area contributed by atoms with Crippen LogP contribution in [0, 0.1) is 0 Å². The van der Waals surface area contributed by atoms with Crippen LogP contribution < -0.4 is 5.32 Å². The lowest BCUT2D eigenvalue weighted by atomic mass is 10.4. The molecule has 0 saturated heterocycles. The summed E-state index contributed by atoms with van der Waals surface area (Å²) >= 11 is 0. The van der Waals surface area contributed by atoms with E-state index in [0.29, 0.717) is 0 Å². The van der Waals surface area contributed by atoms with Crippen LogP contribution in [-0.2, 0) is 14.3 Å². The summed E-state index contributed by atoms with van der Waals surface area (Å²) in [7, 11) is 0. The Morgan fingerprint density at radius 1 is 1.11 bits per heavy atom. The number of amides is 1. The number of halogens is 6. The van der Waals surface area contributed by atoms with Gasteiger partial charge >= 0.3 is 12.4 Å². The molecule has 0 rings (SSSR count). The summed E-state index contributed by atoms with van der Waals surface area (Å²) < 4.78 is 78.6. The Labute approximate surface area is 105 Å². The zero-order chi connectivity index (χ0) is 15.1. The lowest BCUT2D eigenvalue weighted by Crippen LogP contribution is -2.38. The van der Waals surface area contributed by atoms with Gasteiger partial charge in [0.2, 0.25) is 5.91 Å². The molecule has 0 fully saturated rings. The summed E-state index contributed by atoms with van der Waals surface area (Å²) in [6, 6.07) is 0. The van der Waals surface area contributed by atoms with E-state index in [2.05, 4.69) is 14.8 Å². The Hall–Kier alpha value is -1.03. The zero-order valence-electron chi connectivity index (χ0n) is 9.90. The van der Waals surface area contributed by atoms with E-state index >= 15 is 0 Å². The quantitative estimate of drug-likeness (QED) is 0.574. The number of nitrogens with one attached hydrogen (secondary N) is 1. The van der Waals surface area contributed by atoms with Gasteiger partial charge in [-0.2, -0.15) is 26.3 Å². The van der Waals surface area contributed by atoms with Crippen LogP contribution in [0.1, 0.15) is 6.92 Å². The molecule has 19 heavy (non-hydrogen) atoms. The monoisotopic (exact) mass is 297 g/mol. The lowest BCUT2D eigenvalue weighted by molar-refractivity contribution is -0.185. The first-order chi connectivity index (χ1) is 8.51. The van der Waals surface area contributed by atoms with E-state index in [9.17, 15) is 31.1 Å². The maximum absolute atomic E-state index is 11.8. The first-order valence-corrected chi connectivity index (χ1v) is 5.12. The van der Waals surface area contributed by atoms with Gasteiger partial charge in [-0.15, -0.1) is 0 Å². The standard InChI is InChI=1S/C9H13F6NO3/c1-6(19-5-9(13,14)15)7(17)16-2-3-18-4-8(10,11)12/h6H,2-5H2,1H3,(H,16,17). The number of carbonyl (C=O) groups is 1. The number of ether oxygens (including phenoxy) is 2. The number of alkyl halides is 6. The van der Waals surface area contributed by atoms with Crippen molar-refractivity contribution < 1.29 is 40.6 Å². The van der Waals surface area contributed by atoms with Crippen LogP contribution in [0.4, 0.5) is 26.3 Å². The van der Waals surface area contributed by atoms with Crippen LogP contribution in [0.25, 0.3) is 0 Å². The fraction of sp³-hybridized carbons (Fsp3) is 0.889. The van der Waals surface area contributed by atoms with E-state index in [1.807, 2.05) is 0 Å². The van der Waals surface area contributed by atoms with Crippen molar-refractivity contribution in [1.29, 1.82) is 0 Å². The summed E-state index contributed by atoms with van der Waals surface area (Å²) in [6.45, 7) is -2.60. The molecule has 1 unspecified atom stereocenters. The van der Waals surface area contributed by atoms with E-state index in [0.717, 1.165) is 6.92 Å². The van der Waals surface area contributed by atoms with Gasteiger partial charge < -0.3 is 14.8 Å². The molecule has 0 bridgehead atoms. The molecule has 1 amide bonds. The van der Waals surface area contributed by atoms with Gasteiger partial charge in [0, 0.05) is 6.54 Å². The third-order valence-corrected chi connectivity index (χ3v) is 1.68. The largest absolute Gasteiger partial charge is 0.411 e. The van der Waals surface area contributed by atoms with Crippen molar-refractivity contribution in [2.75, 3.05) is 26.4 Å². The summed E-state index contributed by atoms with van der Waals surface area (Å²) in [5.41, 5.74) is 0. The van der Waals surface area contributed by atoms with Crippen LogP contribution in [0.15, 0.2) is 0 Å². The van der Waals surface area contributed by atoms with Gasteiger partial charge in [-0.25, -0.2) is 0 Å². The van der Waals surface area contributed by atoms with E-state index < -0.39 is 44.2 Å². The smallest absolute Gasteiger partial charge is 0.370 e. The molecule has 0 radical (unpaired) electrons. The highest BCUT2D eigenvalue weighted by molar-refractivity contribution is 5.80. The molecule has 0 aliphatic heterocycles. The second-order valence-corrected chi connectivity index (χ2v) is 3.53. The number of hydrogen-bond donors (Lipinski definition) is 1. The van der Waals surface area contributed by atoms with Crippen molar-refractivity contribution in [3.8, 4) is 0 Å². The maximum atomic E-state index is 11.8. The predicted octanol–water partition coefficient (Wildman–Crippen LogP) is 1.65. The average molecular weight is 297 g/mol. The van der Waals surface area contributed by atoms with Crippen LogP contribution in [0.5, 0.6) is 0 Å². The Morgan fingerprint density at radius 3 is 2.11 bits per heavy atom. The van der Waals surface area contributed by atoms with Crippen LogP contribution >= 0.6 is 0 Å². The first kappa shape index (κ1) is 18.0. The normalized spacial score (nSPS) is 14.3. The Morgan fingerprint density at radius 2 is 1.63 bits per heavy atom. The number of rotatable bonds is 7. The van der Waals surface area contributed by atoms with Crippen molar-refractivity contribution in [1.82, 2.24) is 5.32 Å². The van der Waals surface area contributed by atoms with Gasteiger partial charge in [0.05, 0.1) is 6.61 Å². The molecule has 10 heteroatoms. The topological polar surface area (TPSA) is 47.6 Å². The molecule has 1 N–H and O–H groups in total. The van der Waals surface area contributed by atoms with Crippen molar-refractivity contribution in [3.05, 3.63) is 0 Å². The minimum atomic E-state index is -4.55. The average Bonchev–Trinajstić information content (AvgIpc) is 2.22. The highest BCUT2D eigenvalue weighted by atomic mass is 19.4. The van der Waals surface area contributed by atoms with E-state index in [1.54, 1.807) is 0 Å². The second kappa shape index (κ2) is 7.53. The van der Waals surface area contributed by atoms with Crippen LogP contribution in [0.3, 0.4) is 0 Å². The Balaban J connectivity index is 3.69. The zero-order valence-corrected chi connectivity index (χ0v) is 9.90. The number of carbonyl (C=O) groups excluding carboxylic acids is 1. The minimum Gasteiger partial charge on any atom is -0.370 e. The lowest BCUT2D eigenvalue weighted by Gasteiger charge is -2.14. The van der Waals surface area contributed by atoms with Gasteiger partial charge in [0.15, 0.2) is 0 Å². The fourth-order valence-electron chi connectivity index (χ4n) is 0.873. The summed E-state index contributed by atoms with van der Waals surface area (Å²) in [5.74, 6) is -0.861. The van der Waals surface area contributed by atoms with Crippen LogP contribution in [-0.4, -0.2) is 50.7 Å². The molecule has 0 aromatic rings. The van der Waals surface area contributed by atoms with Crippen LogP contribution in [0.2, 0.25) is 0 Å². The third kappa shape index (κ3) is 11.8. The summed E-state index contributed by atoms with van der Waals surface area (Å²) in [4.78, 5) is 11.1. The molecule has 0 aromatic heterocycles. The van der Waals surface area contributed by atoms with Crippen molar-refractivity contribution in [3.63, 3.8) is 0 Å². The summed E-state index contributed by atoms with van der Waals surface area (Å²) in [6.07, 6.45) is -10.4. The predicted molar refractivity (Wildman–Crippen MR) is 51.4 cm³/mol. The SMILES string of the molecule is CC(OCC(F)(F)F)C(=O)NCCOCC(F)(F)F. The molecule has 0 aliphatic carbocycles. The fourth-order valence-corrected chi connectivity index (χ4v) is 0.873. The van der Waals surface area contributed by atoms with E-state index in [1.165, 1.54) is 0 Å². The van der Waals surface area contributed by atoms with Crippen molar-refractivity contribution in [2.24, 2.45) is 0 Å². The highest BCUT2D eigenvalue weighted by Crippen LogP contribution is 2.15. The highest BCUT2D eigenvalue weighted by Gasteiger charge is 2.30. The van der Waals surface area contributed by atoms with Gasteiger partial charge in [-0.3, -0.25) is 4.79 Å². The van der Waals surface area contributed by atoms with Gasteiger partial charge in [0.25, 0.3) is 0 Å². The molecular weight excluding hydrogens is 284 g/mol. The molecule has 0 aromatic carbocycles. The van der Waals surface area contributed by atoms with E-state index in [4.69, 9.17) is 0 Å². The first-order valence-electron chi connectivity index (χ1n) is 5.12. The molecule has 0 saturated carbocycles. The van der Waals surface area contributed by atoms with Gasteiger partial charge in [-0.1, -0.05) is 0 Å².